The Kier molecular flexibility index (Phi) is 4.59. The Morgan fingerprint density at radius 2 is 1.52 bits per heavy atom. The van der Waals surface area contributed by atoms with E-state index < -0.39 is 23.4 Å². The third-order valence-corrected chi connectivity index (χ3v) is 2.98. The van der Waals surface area contributed by atoms with Gasteiger partial charge in [-0.15, -0.1) is 0 Å². The van der Waals surface area contributed by atoms with E-state index in [9.17, 15) is 18.0 Å². The van der Waals surface area contributed by atoms with Crippen LogP contribution in [0.5, 0.6) is 0 Å². The third-order valence-electron chi connectivity index (χ3n) is 2.98. The Morgan fingerprint density at radius 1 is 0.952 bits per heavy atom. The van der Waals surface area contributed by atoms with Gasteiger partial charge in [-0.2, -0.15) is 0 Å². The lowest BCUT2D eigenvalue weighted by molar-refractivity contribution is 0.1000. The van der Waals surface area contributed by atoms with Crippen molar-refractivity contribution in [3.05, 3.63) is 70.5 Å². The number of rotatable bonds is 5. The largest absolute Gasteiger partial charge is 0.366 e. The fourth-order valence-electron chi connectivity index (χ4n) is 1.84. The highest BCUT2D eigenvalue weighted by Gasteiger charge is 2.08. The molecule has 3 nitrogen and oxygen atoms in total. The molecule has 2 aromatic rings. The van der Waals surface area contributed by atoms with Gasteiger partial charge in [-0.1, -0.05) is 12.1 Å². The maximum atomic E-state index is 13.7. The van der Waals surface area contributed by atoms with Crippen LogP contribution in [0.25, 0.3) is 0 Å². The van der Waals surface area contributed by atoms with Crippen molar-refractivity contribution in [2.45, 2.75) is 13.1 Å². The molecule has 0 bridgehead atoms. The second-order valence-corrected chi connectivity index (χ2v) is 4.51. The first kappa shape index (κ1) is 15.1. The maximum Gasteiger partial charge on any atom is 0.248 e. The fraction of sp³-hybridized carbons (Fsp3) is 0.133. The van der Waals surface area contributed by atoms with Gasteiger partial charge in [-0.3, -0.25) is 4.79 Å². The van der Waals surface area contributed by atoms with Crippen LogP contribution >= 0.6 is 0 Å². The van der Waals surface area contributed by atoms with Crippen LogP contribution in [0, 0.1) is 17.5 Å². The van der Waals surface area contributed by atoms with E-state index in [1.807, 2.05) is 0 Å². The Bertz CT molecular complexity index is 674. The number of carbonyl (C=O) groups is 1. The quantitative estimate of drug-likeness (QED) is 0.890. The molecule has 3 N–H and O–H groups in total. The predicted octanol–water partition coefficient (Wildman–Crippen LogP) is 2.49. The van der Waals surface area contributed by atoms with E-state index in [2.05, 4.69) is 5.32 Å². The highest BCUT2D eigenvalue weighted by atomic mass is 19.1. The molecule has 110 valence electrons. The molecule has 0 fully saturated rings. The van der Waals surface area contributed by atoms with Gasteiger partial charge in [0, 0.05) is 35.8 Å². The summed E-state index contributed by atoms with van der Waals surface area (Å²) in [5.74, 6) is -2.59. The average molecular weight is 294 g/mol. The molecule has 0 aliphatic rings. The van der Waals surface area contributed by atoms with Crippen LogP contribution in [0.2, 0.25) is 0 Å². The Balaban J connectivity index is 1.99. The fourth-order valence-corrected chi connectivity index (χ4v) is 1.84. The van der Waals surface area contributed by atoms with Gasteiger partial charge in [-0.25, -0.2) is 13.2 Å². The Hall–Kier alpha value is -2.34. The number of hydrogen-bond donors (Lipinski definition) is 2. The number of hydrogen-bond acceptors (Lipinski definition) is 2. The topological polar surface area (TPSA) is 55.1 Å². The van der Waals surface area contributed by atoms with Crippen LogP contribution in [0.1, 0.15) is 21.5 Å². The van der Waals surface area contributed by atoms with Crippen LogP contribution < -0.4 is 11.1 Å². The minimum atomic E-state index is -0.707. The first-order valence-electron chi connectivity index (χ1n) is 6.20. The van der Waals surface area contributed by atoms with Crippen molar-refractivity contribution < 1.29 is 18.0 Å². The van der Waals surface area contributed by atoms with Crippen molar-refractivity contribution in [2.75, 3.05) is 0 Å². The number of carbonyl (C=O) groups excluding carboxylic acids is 1. The van der Waals surface area contributed by atoms with E-state index in [1.54, 1.807) is 0 Å². The number of primary amides is 1. The Labute approximate surface area is 119 Å². The number of amides is 1. The van der Waals surface area contributed by atoms with E-state index in [1.165, 1.54) is 18.2 Å². The monoisotopic (exact) mass is 294 g/mol. The van der Waals surface area contributed by atoms with Crippen molar-refractivity contribution in [1.82, 2.24) is 5.32 Å². The van der Waals surface area contributed by atoms with E-state index in [-0.39, 0.29) is 24.2 Å². The van der Waals surface area contributed by atoms with Crippen LogP contribution in [-0.4, -0.2) is 5.91 Å². The van der Waals surface area contributed by atoms with E-state index >= 15 is 0 Å². The summed E-state index contributed by atoms with van der Waals surface area (Å²) in [6.45, 7) is 0.269. The smallest absolute Gasteiger partial charge is 0.248 e. The van der Waals surface area contributed by atoms with E-state index in [4.69, 9.17) is 5.73 Å². The van der Waals surface area contributed by atoms with Crippen LogP contribution in [0.3, 0.4) is 0 Å². The summed E-state index contributed by atoms with van der Waals surface area (Å²) in [5.41, 5.74) is 5.73. The SMILES string of the molecule is NC(=O)c1ccc(CNCc2ccc(F)cc2F)c(F)c1. The Morgan fingerprint density at radius 3 is 2.05 bits per heavy atom. The van der Waals surface area contributed by atoms with E-state index in [0.717, 1.165) is 18.2 Å². The van der Waals surface area contributed by atoms with Gasteiger partial charge in [0.15, 0.2) is 0 Å². The van der Waals surface area contributed by atoms with E-state index in [0.29, 0.717) is 5.56 Å². The summed E-state index contributed by atoms with van der Waals surface area (Å²) in [7, 11) is 0. The minimum Gasteiger partial charge on any atom is -0.366 e. The summed E-state index contributed by atoms with van der Waals surface area (Å²) >= 11 is 0. The first-order chi connectivity index (χ1) is 9.97. The predicted molar refractivity (Wildman–Crippen MR) is 71.8 cm³/mol. The maximum absolute atomic E-state index is 13.7. The van der Waals surface area contributed by atoms with Gasteiger partial charge in [-0.05, 0) is 18.2 Å². The van der Waals surface area contributed by atoms with Crippen molar-refractivity contribution in [2.24, 2.45) is 5.73 Å². The van der Waals surface area contributed by atoms with Crippen molar-refractivity contribution in [3.8, 4) is 0 Å². The summed E-state index contributed by atoms with van der Waals surface area (Å²) in [4.78, 5) is 10.9. The number of nitrogens with two attached hydrogens (primary N) is 1. The third kappa shape index (κ3) is 3.82. The molecule has 2 aromatic carbocycles. The number of halogens is 3. The zero-order chi connectivity index (χ0) is 15.4. The molecule has 0 spiro atoms. The second kappa shape index (κ2) is 6.41. The summed E-state index contributed by atoms with van der Waals surface area (Å²) in [6, 6.07) is 7.17. The molecule has 0 aliphatic heterocycles. The highest BCUT2D eigenvalue weighted by Crippen LogP contribution is 2.12. The molecule has 0 unspecified atom stereocenters. The zero-order valence-corrected chi connectivity index (χ0v) is 11.0. The molecular formula is C15H13F3N2O. The van der Waals surface area contributed by atoms with Gasteiger partial charge in [0.05, 0.1) is 0 Å². The van der Waals surface area contributed by atoms with Crippen LogP contribution in [0.4, 0.5) is 13.2 Å². The van der Waals surface area contributed by atoms with Crippen LogP contribution in [0.15, 0.2) is 36.4 Å². The first-order valence-corrected chi connectivity index (χ1v) is 6.20. The van der Waals surface area contributed by atoms with Gasteiger partial charge < -0.3 is 11.1 Å². The van der Waals surface area contributed by atoms with Crippen molar-refractivity contribution in [1.29, 1.82) is 0 Å². The summed E-state index contributed by atoms with van der Waals surface area (Å²) in [5, 5.41) is 2.85. The molecule has 0 saturated carbocycles. The number of nitrogens with one attached hydrogen (secondary N) is 1. The van der Waals surface area contributed by atoms with Crippen LogP contribution in [-0.2, 0) is 13.1 Å². The lowest BCUT2D eigenvalue weighted by Crippen LogP contribution is -2.16. The second-order valence-electron chi connectivity index (χ2n) is 4.51. The number of benzene rings is 2. The minimum absolute atomic E-state index is 0.0841. The molecule has 0 radical (unpaired) electrons. The lowest BCUT2D eigenvalue weighted by atomic mass is 10.1. The zero-order valence-electron chi connectivity index (χ0n) is 11.0. The normalized spacial score (nSPS) is 10.6. The molecule has 0 atom stereocenters. The van der Waals surface area contributed by atoms with Crippen molar-refractivity contribution >= 4 is 5.91 Å². The molecule has 6 heteroatoms. The van der Waals surface area contributed by atoms with Gasteiger partial charge >= 0.3 is 0 Å². The van der Waals surface area contributed by atoms with Gasteiger partial charge in [0.1, 0.15) is 17.5 Å². The molecule has 2 rings (SSSR count). The average Bonchev–Trinajstić information content (AvgIpc) is 2.42. The highest BCUT2D eigenvalue weighted by molar-refractivity contribution is 5.92. The molecule has 21 heavy (non-hydrogen) atoms. The van der Waals surface area contributed by atoms with Gasteiger partial charge in [0.2, 0.25) is 5.91 Å². The summed E-state index contributed by atoms with van der Waals surface area (Å²) < 4.78 is 39.8. The molecule has 0 aromatic heterocycles. The molecule has 0 aliphatic carbocycles. The summed E-state index contributed by atoms with van der Waals surface area (Å²) in [6.07, 6.45) is 0. The van der Waals surface area contributed by atoms with Gasteiger partial charge in [0.25, 0.3) is 0 Å². The lowest BCUT2D eigenvalue weighted by Gasteiger charge is -2.08. The molecule has 1 amide bonds. The molecule has 0 saturated heterocycles. The molecule has 0 heterocycles. The molecular weight excluding hydrogens is 281 g/mol. The van der Waals surface area contributed by atoms with Crippen molar-refractivity contribution in [3.63, 3.8) is 0 Å². The standard InChI is InChI=1S/C15H13F3N2O/c16-12-4-3-11(14(18)6-12)8-20-7-10-2-1-9(15(19)21)5-13(10)17/h1-6,20H,7-8H2,(H2,19,21).